The number of hydrogen-bond donors (Lipinski definition) is 2. The van der Waals surface area contributed by atoms with Crippen LogP contribution in [-0.4, -0.2) is 43.1 Å². The highest BCUT2D eigenvalue weighted by atomic mass is 32.2. The van der Waals surface area contributed by atoms with E-state index in [1.807, 2.05) is 18.2 Å². The Morgan fingerprint density at radius 3 is 2.46 bits per heavy atom. The minimum Gasteiger partial charge on any atom is -0.295 e. The number of aryl methyl sites for hydroxylation is 2. The zero-order chi connectivity index (χ0) is 18.7. The smallest absolute Gasteiger partial charge is 0.244 e. The standard InChI is InChI=1S/C19H28N4O2S/c1-14-9-11-23(12-10-14)18(17-7-5-4-6-8-17)13-20-26(24,25)19-15(2)21-22-16(19)3/h4-8,14,18,20H,9-13H2,1-3H3,(H,21,22)/t18-/m1/s1. The number of benzene rings is 1. The first kappa shape index (κ1) is 19.1. The summed E-state index contributed by atoms with van der Waals surface area (Å²) in [5.74, 6) is 0.732. The second-order valence-electron chi connectivity index (χ2n) is 7.26. The van der Waals surface area contributed by atoms with Gasteiger partial charge in [-0.3, -0.25) is 10.00 Å². The van der Waals surface area contributed by atoms with Crippen molar-refractivity contribution >= 4 is 10.0 Å². The molecular weight excluding hydrogens is 348 g/mol. The third-order valence-electron chi connectivity index (χ3n) is 5.24. The second kappa shape index (κ2) is 7.90. The lowest BCUT2D eigenvalue weighted by atomic mass is 9.96. The van der Waals surface area contributed by atoms with Gasteiger partial charge in [-0.15, -0.1) is 0 Å². The van der Waals surface area contributed by atoms with E-state index in [1.54, 1.807) is 13.8 Å². The van der Waals surface area contributed by atoms with E-state index in [1.165, 1.54) is 0 Å². The number of nitrogens with zero attached hydrogens (tertiary/aromatic N) is 2. The molecule has 6 nitrogen and oxygen atoms in total. The number of H-pyrrole nitrogens is 1. The molecule has 0 bridgehead atoms. The van der Waals surface area contributed by atoms with Crippen LogP contribution < -0.4 is 4.72 Å². The molecule has 0 unspecified atom stereocenters. The molecule has 1 fully saturated rings. The van der Waals surface area contributed by atoms with Crippen LogP contribution >= 0.6 is 0 Å². The van der Waals surface area contributed by atoms with Crippen molar-refractivity contribution in [3.63, 3.8) is 0 Å². The van der Waals surface area contributed by atoms with Crippen molar-refractivity contribution in [3.8, 4) is 0 Å². The average Bonchev–Trinajstić information content (AvgIpc) is 2.97. The van der Waals surface area contributed by atoms with E-state index in [2.05, 4.69) is 38.9 Å². The first-order chi connectivity index (χ1) is 12.4. The Kier molecular flexibility index (Phi) is 5.79. The highest BCUT2D eigenvalue weighted by Gasteiger charge is 2.28. The Balaban J connectivity index is 1.80. The molecule has 0 amide bonds. The first-order valence-corrected chi connectivity index (χ1v) is 10.7. The molecule has 0 aliphatic carbocycles. The molecule has 26 heavy (non-hydrogen) atoms. The predicted molar refractivity (Wildman–Crippen MR) is 102 cm³/mol. The number of aromatic amines is 1. The minimum atomic E-state index is -3.60. The molecule has 0 spiro atoms. The lowest BCUT2D eigenvalue weighted by molar-refractivity contribution is 0.139. The van der Waals surface area contributed by atoms with Gasteiger partial charge in [0.2, 0.25) is 10.0 Å². The molecule has 7 heteroatoms. The lowest BCUT2D eigenvalue weighted by Gasteiger charge is -2.37. The average molecular weight is 377 g/mol. The van der Waals surface area contributed by atoms with Crippen LogP contribution in [0.25, 0.3) is 0 Å². The molecule has 1 aliphatic rings. The summed E-state index contributed by atoms with van der Waals surface area (Å²) in [6, 6.07) is 10.2. The molecule has 0 saturated carbocycles. The van der Waals surface area contributed by atoms with Gasteiger partial charge >= 0.3 is 0 Å². The highest BCUT2D eigenvalue weighted by molar-refractivity contribution is 7.89. The molecule has 1 aliphatic heterocycles. The molecule has 3 rings (SSSR count). The first-order valence-electron chi connectivity index (χ1n) is 9.18. The molecule has 1 aromatic heterocycles. The number of piperidine rings is 1. The molecule has 2 heterocycles. The van der Waals surface area contributed by atoms with Crippen molar-refractivity contribution in [2.45, 2.75) is 44.6 Å². The SMILES string of the molecule is Cc1n[nH]c(C)c1S(=O)(=O)NC[C@H](c1ccccc1)N1CCC(C)CC1. The number of likely N-dealkylation sites (tertiary alicyclic amines) is 1. The van der Waals surface area contributed by atoms with Crippen LogP contribution in [0.3, 0.4) is 0 Å². The molecule has 1 aromatic carbocycles. The van der Waals surface area contributed by atoms with Crippen molar-refractivity contribution in [3.05, 3.63) is 47.3 Å². The van der Waals surface area contributed by atoms with Gasteiger partial charge in [0.1, 0.15) is 4.90 Å². The normalized spacial score (nSPS) is 18.1. The van der Waals surface area contributed by atoms with E-state index >= 15 is 0 Å². The summed E-state index contributed by atoms with van der Waals surface area (Å²) in [6.45, 7) is 8.05. The molecule has 142 valence electrons. The monoisotopic (exact) mass is 376 g/mol. The van der Waals surface area contributed by atoms with Crippen molar-refractivity contribution in [2.75, 3.05) is 19.6 Å². The van der Waals surface area contributed by atoms with Gasteiger partial charge in [-0.25, -0.2) is 13.1 Å². The van der Waals surface area contributed by atoms with Crippen molar-refractivity contribution in [2.24, 2.45) is 5.92 Å². The lowest BCUT2D eigenvalue weighted by Crippen LogP contribution is -2.42. The number of hydrogen-bond acceptors (Lipinski definition) is 4. The van der Waals surface area contributed by atoms with Gasteiger partial charge in [0, 0.05) is 12.6 Å². The topological polar surface area (TPSA) is 78.1 Å². The summed E-state index contributed by atoms with van der Waals surface area (Å²) < 4.78 is 28.5. The van der Waals surface area contributed by atoms with Crippen LogP contribution in [-0.2, 0) is 10.0 Å². The fraction of sp³-hybridized carbons (Fsp3) is 0.526. The number of rotatable bonds is 6. The number of nitrogens with one attached hydrogen (secondary N) is 2. The van der Waals surface area contributed by atoms with Crippen molar-refractivity contribution in [1.29, 1.82) is 0 Å². The van der Waals surface area contributed by atoms with Crippen LogP contribution in [0.5, 0.6) is 0 Å². The van der Waals surface area contributed by atoms with E-state index in [0.717, 1.165) is 37.4 Å². The Hall–Kier alpha value is -1.70. The Bertz CT molecular complexity index is 805. The van der Waals surface area contributed by atoms with Gasteiger partial charge in [0.25, 0.3) is 0 Å². The predicted octanol–water partition coefficient (Wildman–Crippen LogP) is 2.78. The van der Waals surface area contributed by atoms with E-state index < -0.39 is 10.0 Å². The van der Waals surface area contributed by atoms with E-state index in [9.17, 15) is 8.42 Å². The molecule has 1 atom stereocenters. The van der Waals surface area contributed by atoms with Gasteiger partial charge < -0.3 is 0 Å². The van der Waals surface area contributed by atoms with E-state index in [-0.39, 0.29) is 10.9 Å². The molecule has 1 saturated heterocycles. The minimum absolute atomic E-state index is 0.0333. The fourth-order valence-corrected chi connectivity index (χ4v) is 5.08. The Morgan fingerprint density at radius 2 is 1.88 bits per heavy atom. The maximum atomic E-state index is 12.8. The summed E-state index contributed by atoms with van der Waals surface area (Å²) in [5.41, 5.74) is 2.21. The molecular formula is C19H28N4O2S. The zero-order valence-corrected chi connectivity index (χ0v) is 16.5. The van der Waals surface area contributed by atoms with Crippen LogP contribution in [0.2, 0.25) is 0 Å². The third-order valence-corrected chi connectivity index (χ3v) is 6.93. The van der Waals surface area contributed by atoms with Crippen LogP contribution in [0.15, 0.2) is 35.2 Å². The quantitative estimate of drug-likeness (QED) is 0.813. The fourth-order valence-electron chi connectivity index (χ4n) is 3.67. The number of aromatic nitrogens is 2. The Morgan fingerprint density at radius 1 is 1.23 bits per heavy atom. The van der Waals surface area contributed by atoms with Gasteiger partial charge in [0.05, 0.1) is 11.4 Å². The maximum Gasteiger partial charge on any atom is 0.244 e. The van der Waals surface area contributed by atoms with Crippen molar-refractivity contribution < 1.29 is 8.42 Å². The molecule has 0 radical (unpaired) electrons. The van der Waals surface area contributed by atoms with E-state index in [4.69, 9.17) is 0 Å². The third kappa shape index (κ3) is 4.16. The van der Waals surface area contributed by atoms with Crippen LogP contribution in [0.1, 0.15) is 42.8 Å². The van der Waals surface area contributed by atoms with Gasteiger partial charge in [-0.1, -0.05) is 37.3 Å². The highest BCUT2D eigenvalue weighted by Crippen LogP contribution is 2.27. The van der Waals surface area contributed by atoms with Gasteiger partial charge in [-0.05, 0) is 51.3 Å². The summed E-state index contributed by atoms with van der Waals surface area (Å²) in [4.78, 5) is 2.66. The zero-order valence-electron chi connectivity index (χ0n) is 15.7. The summed E-state index contributed by atoms with van der Waals surface area (Å²) in [5, 5.41) is 6.76. The summed E-state index contributed by atoms with van der Waals surface area (Å²) in [6.07, 6.45) is 2.30. The molecule has 2 aromatic rings. The van der Waals surface area contributed by atoms with Gasteiger partial charge in [-0.2, -0.15) is 5.10 Å². The maximum absolute atomic E-state index is 12.8. The van der Waals surface area contributed by atoms with Crippen LogP contribution in [0, 0.1) is 19.8 Å². The van der Waals surface area contributed by atoms with E-state index in [0.29, 0.717) is 17.9 Å². The van der Waals surface area contributed by atoms with Crippen LogP contribution in [0.4, 0.5) is 0 Å². The second-order valence-corrected chi connectivity index (χ2v) is 8.96. The largest absolute Gasteiger partial charge is 0.295 e. The number of sulfonamides is 1. The van der Waals surface area contributed by atoms with Gasteiger partial charge in [0.15, 0.2) is 0 Å². The molecule has 2 N–H and O–H groups in total. The van der Waals surface area contributed by atoms with Crippen molar-refractivity contribution in [1.82, 2.24) is 19.8 Å². The summed E-state index contributed by atoms with van der Waals surface area (Å²) >= 11 is 0. The Labute approximate surface area is 156 Å². The summed E-state index contributed by atoms with van der Waals surface area (Å²) in [7, 11) is -3.60.